The van der Waals surface area contributed by atoms with E-state index in [0.717, 1.165) is 28.1 Å². The van der Waals surface area contributed by atoms with Gasteiger partial charge in [0.1, 0.15) is 5.75 Å². The van der Waals surface area contributed by atoms with Crippen molar-refractivity contribution in [2.75, 3.05) is 6.61 Å². The van der Waals surface area contributed by atoms with Gasteiger partial charge in [0, 0.05) is 16.1 Å². The molecule has 1 aliphatic carbocycles. The van der Waals surface area contributed by atoms with Gasteiger partial charge in [-0.25, -0.2) is 0 Å². The number of benzene rings is 1. The van der Waals surface area contributed by atoms with Gasteiger partial charge < -0.3 is 10.5 Å². The third-order valence-corrected chi connectivity index (χ3v) is 3.45. The average Bonchev–Trinajstić information content (AvgIpc) is 3.05. The Morgan fingerprint density at radius 1 is 1.47 bits per heavy atom. The van der Waals surface area contributed by atoms with Crippen LogP contribution in [0.15, 0.2) is 22.7 Å². The molecule has 1 aromatic rings. The second-order valence-electron chi connectivity index (χ2n) is 4.40. The van der Waals surface area contributed by atoms with Crippen LogP contribution < -0.4 is 10.5 Å². The fourth-order valence-electron chi connectivity index (χ4n) is 1.94. The standard InChI is InChI=1S/C13H18BrNO.ClH/c1-2-16-13-6-5-10(14)8-11(13)12(15)7-9-3-4-9;/h5-6,8-9,12H,2-4,7,15H2,1H3;1H/t12-;/m0./s1. The summed E-state index contributed by atoms with van der Waals surface area (Å²) in [7, 11) is 0. The first-order chi connectivity index (χ1) is 7.70. The van der Waals surface area contributed by atoms with Crippen molar-refractivity contribution < 1.29 is 4.74 Å². The van der Waals surface area contributed by atoms with E-state index in [0.29, 0.717) is 6.61 Å². The SMILES string of the molecule is CCOc1ccc(Br)cc1[C@@H](N)CC1CC1.Cl. The van der Waals surface area contributed by atoms with E-state index in [1.54, 1.807) is 0 Å². The number of nitrogens with two attached hydrogens (primary N) is 1. The molecule has 0 saturated heterocycles. The number of rotatable bonds is 5. The van der Waals surface area contributed by atoms with E-state index in [-0.39, 0.29) is 18.4 Å². The van der Waals surface area contributed by atoms with Crippen molar-refractivity contribution >= 4 is 28.3 Å². The molecule has 17 heavy (non-hydrogen) atoms. The van der Waals surface area contributed by atoms with Gasteiger partial charge in [-0.2, -0.15) is 0 Å². The summed E-state index contributed by atoms with van der Waals surface area (Å²) >= 11 is 3.49. The Morgan fingerprint density at radius 2 is 2.18 bits per heavy atom. The van der Waals surface area contributed by atoms with E-state index in [1.807, 2.05) is 19.1 Å². The summed E-state index contributed by atoms with van der Waals surface area (Å²) in [6.45, 7) is 2.68. The summed E-state index contributed by atoms with van der Waals surface area (Å²) in [4.78, 5) is 0. The summed E-state index contributed by atoms with van der Waals surface area (Å²) in [6, 6.07) is 6.18. The second-order valence-corrected chi connectivity index (χ2v) is 5.32. The minimum absolute atomic E-state index is 0. The minimum Gasteiger partial charge on any atom is -0.494 e. The maximum atomic E-state index is 6.24. The molecule has 0 amide bonds. The van der Waals surface area contributed by atoms with E-state index in [2.05, 4.69) is 22.0 Å². The van der Waals surface area contributed by atoms with E-state index in [1.165, 1.54) is 12.8 Å². The Bertz CT molecular complexity index is 368. The largest absolute Gasteiger partial charge is 0.494 e. The van der Waals surface area contributed by atoms with E-state index < -0.39 is 0 Å². The predicted molar refractivity (Wildman–Crippen MR) is 76.8 cm³/mol. The summed E-state index contributed by atoms with van der Waals surface area (Å²) in [5.41, 5.74) is 7.36. The average molecular weight is 321 g/mol. The summed E-state index contributed by atoms with van der Waals surface area (Å²) in [6.07, 6.45) is 3.76. The Labute approximate surface area is 117 Å². The predicted octanol–water partition coefficient (Wildman–Crippen LogP) is 4.07. The summed E-state index contributed by atoms with van der Waals surface area (Å²) < 4.78 is 6.68. The molecule has 1 aromatic carbocycles. The Kier molecular flexibility index (Phi) is 5.77. The quantitative estimate of drug-likeness (QED) is 0.887. The van der Waals surface area contributed by atoms with Crippen molar-refractivity contribution in [2.45, 2.75) is 32.2 Å². The monoisotopic (exact) mass is 319 g/mol. The molecule has 0 spiro atoms. The third-order valence-electron chi connectivity index (χ3n) is 2.96. The van der Waals surface area contributed by atoms with Crippen LogP contribution in [0.3, 0.4) is 0 Å². The highest BCUT2D eigenvalue weighted by Gasteiger charge is 2.25. The number of hydrogen-bond donors (Lipinski definition) is 1. The molecular formula is C13H19BrClNO. The molecule has 4 heteroatoms. The topological polar surface area (TPSA) is 35.2 Å². The van der Waals surface area contributed by atoms with Crippen LogP contribution in [0.4, 0.5) is 0 Å². The van der Waals surface area contributed by atoms with Crippen LogP contribution in [0.25, 0.3) is 0 Å². The maximum Gasteiger partial charge on any atom is 0.124 e. The lowest BCUT2D eigenvalue weighted by molar-refractivity contribution is 0.333. The number of halogens is 2. The van der Waals surface area contributed by atoms with Gasteiger partial charge in [0.2, 0.25) is 0 Å². The fourth-order valence-corrected chi connectivity index (χ4v) is 2.31. The molecule has 1 aliphatic rings. The van der Waals surface area contributed by atoms with Gasteiger partial charge in [0.15, 0.2) is 0 Å². The minimum atomic E-state index is 0. The lowest BCUT2D eigenvalue weighted by Gasteiger charge is -2.16. The molecule has 0 aliphatic heterocycles. The molecule has 0 aromatic heterocycles. The molecule has 2 rings (SSSR count). The molecule has 0 unspecified atom stereocenters. The van der Waals surface area contributed by atoms with Crippen molar-refractivity contribution in [2.24, 2.45) is 11.7 Å². The third kappa shape index (κ3) is 4.16. The maximum absolute atomic E-state index is 6.24. The van der Waals surface area contributed by atoms with Crippen molar-refractivity contribution in [3.63, 3.8) is 0 Å². The van der Waals surface area contributed by atoms with Crippen molar-refractivity contribution in [1.82, 2.24) is 0 Å². The van der Waals surface area contributed by atoms with E-state index in [4.69, 9.17) is 10.5 Å². The molecule has 0 radical (unpaired) electrons. The first-order valence-electron chi connectivity index (χ1n) is 5.88. The van der Waals surface area contributed by atoms with Gasteiger partial charge in [-0.15, -0.1) is 12.4 Å². The lowest BCUT2D eigenvalue weighted by atomic mass is 10.0. The van der Waals surface area contributed by atoms with Crippen LogP contribution in [0.5, 0.6) is 5.75 Å². The molecule has 1 atom stereocenters. The van der Waals surface area contributed by atoms with Gasteiger partial charge in [-0.1, -0.05) is 28.8 Å². The first kappa shape index (κ1) is 14.8. The van der Waals surface area contributed by atoms with Crippen LogP contribution in [-0.4, -0.2) is 6.61 Å². The first-order valence-corrected chi connectivity index (χ1v) is 6.67. The van der Waals surface area contributed by atoms with E-state index >= 15 is 0 Å². The molecule has 2 N–H and O–H groups in total. The molecule has 96 valence electrons. The van der Waals surface area contributed by atoms with Crippen molar-refractivity contribution in [3.05, 3.63) is 28.2 Å². The van der Waals surface area contributed by atoms with Crippen LogP contribution in [-0.2, 0) is 0 Å². The molecule has 1 fully saturated rings. The van der Waals surface area contributed by atoms with Crippen molar-refractivity contribution in [3.8, 4) is 5.75 Å². The molecular weight excluding hydrogens is 302 g/mol. The Morgan fingerprint density at radius 3 is 2.76 bits per heavy atom. The summed E-state index contributed by atoms with van der Waals surface area (Å²) in [5.74, 6) is 1.77. The zero-order chi connectivity index (χ0) is 11.5. The molecule has 2 nitrogen and oxygen atoms in total. The zero-order valence-corrected chi connectivity index (χ0v) is 12.4. The van der Waals surface area contributed by atoms with Crippen molar-refractivity contribution in [1.29, 1.82) is 0 Å². The highest BCUT2D eigenvalue weighted by molar-refractivity contribution is 9.10. The van der Waals surface area contributed by atoms with Crippen LogP contribution >= 0.6 is 28.3 Å². The number of ether oxygens (including phenoxy) is 1. The highest BCUT2D eigenvalue weighted by atomic mass is 79.9. The molecule has 0 bridgehead atoms. The fraction of sp³-hybridized carbons (Fsp3) is 0.538. The molecule has 0 heterocycles. The Hall–Kier alpha value is -0.250. The van der Waals surface area contributed by atoms with Gasteiger partial charge in [-0.3, -0.25) is 0 Å². The second kappa shape index (κ2) is 6.62. The van der Waals surface area contributed by atoms with E-state index in [9.17, 15) is 0 Å². The van der Waals surface area contributed by atoms with Crippen LogP contribution in [0, 0.1) is 5.92 Å². The van der Waals surface area contributed by atoms with Gasteiger partial charge in [0.05, 0.1) is 6.61 Å². The van der Waals surface area contributed by atoms with Crippen LogP contribution in [0.1, 0.15) is 37.8 Å². The van der Waals surface area contributed by atoms with Gasteiger partial charge in [0.25, 0.3) is 0 Å². The van der Waals surface area contributed by atoms with Crippen LogP contribution in [0.2, 0.25) is 0 Å². The van der Waals surface area contributed by atoms with Gasteiger partial charge in [-0.05, 0) is 37.5 Å². The highest BCUT2D eigenvalue weighted by Crippen LogP contribution is 2.39. The zero-order valence-electron chi connectivity index (χ0n) is 9.99. The normalized spacial score (nSPS) is 16.2. The lowest BCUT2D eigenvalue weighted by Crippen LogP contribution is -2.13. The van der Waals surface area contributed by atoms with Gasteiger partial charge >= 0.3 is 0 Å². The smallest absolute Gasteiger partial charge is 0.124 e. The Balaban J connectivity index is 0.00000144. The molecule has 1 saturated carbocycles. The summed E-state index contributed by atoms with van der Waals surface area (Å²) in [5, 5.41) is 0. The number of hydrogen-bond acceptors (Lipinski definition) is 2.